The lowest BCUT2D eigenvalue weighted by molar-refractivity contribution is 0.0204. The minimum atomic E-state index is -3.80. The Morgan fingerprint density at radius 1 is 0.941 bits per heavy atom. The number of aliphatic hydroxyl groups excluding tert-OH is 1. The molecule has 3 aromatic rings. The van der Waals surface area contributed by atoms with Crippen molar-refractivity contribution in [2.45, 2.75) is 42.2 Å². The summed E-state index contributed by atoms with van der Waals surface area (Å²) in [6.07, 6.45) is 1.89. The van der Waals surface area contributed by atoms with Gasteiger partial charge in [-0.3, -0.25) is 5.32 Å². The Morgan fingerprint density at radius 3 is 2.24 bits per heavy atom. The molecule has 1 unspecified atom stereocenters. The molecule has 0 aliphatic carbocycles. The van der Waals surface area contributed by atoms with Crippen LogP contribution in [0, 0.1) is 5.82 Å². The first kappa shape index (κ1) is 24.5. The number of nitrogens with zero attached hydrogens (tertiary/aromatic N) is 1. The van der Waals surface area contributed by atoms with Crippen molar-refractivity contribution in [2.24, 2.45) is 0 Å². The molecule has 1 aliphatic heterocycles. The van der Waals surface area contributed by atoms with Crippen molar-refractivity contribution in [3.63, 3.8) is 0 Å². The van der Waals surface area contributed by atoms with E-state index in [0.29, 0.717) is 19.4 Å². The number of nitrogens with one attached hydrogen (secondary N) is 1. The number of benzene rings is 3. The number of piperidine rings is 1. The zero-order chi connectivity index (χ0) is 24.0. The van der Waals surface area contributed by atoms with E-state index in [-0.39, 0.29) is 18.0 Å². The number of aryl methyl sites for hydroxylation is 1. The average Bonchev–Trinajstić information content (AvgIpc) is 2.87. The van der Waals surface area contributed by atoms with Crippen LogP contribution in [0.1, 0.15) is 30.4 Å². The van der Waals surface area contributed by atoms with E-state index in [9.17, 15) is 17.9 Å². The van der Waals surface area contributed by atoms with Crippen molar-refractivity contribution in [2.75, 3.05) is 19.6 Å². The second-order valence-corrected chi connectivity index (χ2v) is 10.8. The standard InChI is InChI=1S/C27H31FN2O3S/c28-24-14-7-15-25(21-24)34(32,33)30-19-16-27(17-20-30,23-12-5-2-6-13-23)26(31)29-18-8-11-22-9-3-1-4-10-22/h1-7,9-10,12-15,21,26,29,31H,8,11,16-20H2. The van der Waals surface area contributed by atoms with Gasteiger partial charge in [-0.2, -0.15) is 4.31 Å². The molecule has 0 saturated carbocycles. The predicted molar refractivity (Wildman–Crippen MR) is 131 cm³/mol. The van der Waals surface area contributed by atoms with Crippen LogP contribution < -0.4 is 5.32 Å². The van der Waals surface area contributed by atoms with Gasteiger partial charge in [0.2, 0.25) is 10.0 Å². The molecule has 0 bridgehead atoms. The Hall–Kier alpha value is -2.58. The third-order valence-corrected chi connectivity index (χ3v) is 8.64. The molecule has 0 radical (unpaired) electrons. The molecule has 0 amide bonds. The van der Waals surface area contributed by atoms with E-state index in [1.54, 1.807) is 0 Å². The normalized spacial score (nSPS) is 17.4. The Morgan fingerprint density at radius 2 is 1.59 bits per heavy atom. The third kappa shape index (κ3) is 5.39. The summed E-state index contributed by atoms with van der Waals surface area (Å²) in [5.41, 5.74) is 1.63. The van der Waals surface area contributed by atoms with Crippen LogP contribution in [-0.4, -0.2) is 43.7 Å². The molecule has 180 valence electrons. The van der Waals surface area contributed by atoms with E-state index in [1.165, 1.54) is 28.1 Å². The first-order valence-electron chi connectivity index (χ1n) is 11.7. The number of halogens is 1. The van der Waals surface area contributed by atoms with Crippen molar-refractivity contribution >= 4 is 10.0 Å². The number of hydrogen-bond acceptors (Lipinski definition) is 4. The molecule has 1 heterocycles. The van der Waals surface area contributed by atoms with E-state index in [0.717, 1.165) is 24.5 Å². The quantitative estimate of drug-likeness (QED) is 0.356. The topological polar surface area (TPSA) is 69.6 Å². The Bertz CT molecular complexity index is 1160. The van der Waals surface area contributed by atoms with Gasteiger partial charge in [-0.1, -0.05) is 66.7 Å². The first-order valence-corrected chi connectivity index (χ1v) is 13.1. The Labute approximate surface area is 201 Å². The summed E-state index contributed by atoms with van der Waals surface area (Å²) in [5, 5.41) is 14.6. The monoisotopic (exact) mass is 482 g/mol. The van der Waals surface area contributed by atoms with Crippen molar-refractivity contribution in [3.8, 4) is 0 Å². The van der Waals surface area contributed by atoms with Crippen molar-refractivity contribution in [1.29, 1.82) is 0 Å². The summed E-state index contributed by atoms with van der Waals surface area (Å²) in [6, 6.07) is 25.1. The van der Waals surface area contributed by atoms with Crippen molar-refractivity contribution in [3.05, 3.63) is 102 Å². The molecular formula is C27H31FN2O3S. The second-order valence-electron chi connectivity index (χ2n) is 8.83. The molecule has 1 saturated heterocycles. The van der Waals surface area contributed by atoms with Gasteiger partial charge in [0, 0.05) is 18.5 Å². The van der Waals surface area contributed by atoms with Gasteiger partial charge in [-0.15, -0.1) is 0 Å². The van der Waals surface area contributed by atoms with Gasteiger partial charge in [-0.05, 0) is 61.6 Å². The van der Waals surface area contributed by atoms with Crippen LogP contribution in [0.15, 0.2) is 89.8 Å². The number of sulfonamides is 1. The van der Waals surface area contributed by atoms with Crippen LogP contribution in [0.3, 0.4) is 0 Å². The predicted octanol–water partition coefficient (Wildman–Crippen LogP) is 4.09. The molecule has 34 heavy (non-hydrogen) atoms. The number of hydrogen-bond donors (Lipinski definition) is 2. The van der Waals surface area contributed by atoms with Gasteiger partial charge in [0.05, 0.1) is 4.90 Å². The van der Waals surface area contributed by atoms with Crippen molar-refractivity contribution < 1.29 is 17.9 Å². The average molecular weight is 483 g/mol. The Balaban J connectivity index is 1.46. The largest absolute Gasteiger partial charge is 0.378 e. The second kappa shape index (κ2) is 10.8. The Kier molecular flexibility index (Phi) is 7.78. The highest BCUT2D eigenvalue weighted by atomic mass is 32.2. The zero-order valence-electron chi connectivity index (χ0n) is 19.1. The van der Waals surface area contributed by atoms with E-state index < -0.39 is 27.5 Å². The summed E-state index contributed by atoms with van der Waals surface area (Å²) in [4.78, 5) is -0.0423. The van der Waals surface area contributed by atoms with Gasteiger partial charge in [0.25, 0.3) is 0 Å². The van der Waals surface area contributed by atoms with Gasteiger partial charge >= 0.3 is 0 Å². The highest BCUT2D eigenvalue weighted by Gasteiger charge is 2.44. The van der Waals surface area contributed by atoms with Crippen LogP contribution in [0.5, 0.6) is 0 Å². The van der Waals surface area contributed by atoms with Crippen molar-refractivity contribution in [1.82, 2.24) is 9.62 Å². The SMILES string of the molecule is O=S(=O)(c1cccc(F)c1)N1CCC(c2ccccc2)(C(O)NCCCc2ccccc2)CC1. The first-order chi connectivity index (χ1) is 16.4. The van der Waals surface area contributed by atoms with Crippen LogP contribution >= 0.6 is 0 Å². The summed E-state index contributed by atoms with van der Waals surface area (Å²) in [7, 11) is -3.80. The lowest BCUT2D eigenvalue weighted by atomic mass is 9.71. The molecular weight excluding hydrogens is 451 g/mol. The third-order valence-electron chi connectivity index (χ3n) is 6.74. The fourth-order valence-corrected chi connectivity index (χ4v) is 6.24. The molecule has 7 heteroatoms. The number of aliphatic hydroxyl groups is 1. The maximum absolute atomic E-state index is 13.6. The molecule has 2 N–H and O–H groups in total. The fraction of sp³-hybridized carbons (Fsp3) is 0.333. The highest BCUT2D eigenvalue weighted by molar-refractivity contribution is 7.89. The summed E-state index contributed by atoms with van der Waals surface area (Å²) >= 11 is 0. The smallest absolute Gasteiger partial charge is 0.243 e. The minimum absolute atomic E-state index is 0.0423. The van der Waals surface area contributed by atoms with E-state index in [4.69, 9.17) is 0 Å². The molecule has 3 aromatic carbocycles. The highest BCUT2D eigenvalue weighted by Crippen LogP contribution is 2.39. The van der Waals surface area contributed by atoms with E-state index >= 15 is 0 Å². The fourth-order valence-electron chi connectivity index (χ4n) is 4.76. The van der Waals surface area contributed by atoms with E-state index in [2.05, 4.69) is 17.4 Å². The molecule has 0 aromatic heterocycles. The van der Waals surface area contributed by atoms with Gasteiger partial charge < -0.3 is 5.11 Å². The molecule has 0 spiro atoms. The minimum Gasteiger partial charge on any atom is -0.378 e. The lowest BCUT2D eigenvalue weighted by Gasteiger charge is -2.45. The van der Waals surface area contributed by atoms with Gasteiger partial charge in [-0.25, -0.2) is 12.8 Å². The maximum Gasteiger partial charge on any atom is 0.243 e. The summed E-state index contributed by atoms with van der Waals surface area (Å²) in [6.45, 7) is 1.14. The van der Waals surface area contributed by atoms with Crippen LogP contribution in [0.2, 0.25) is 0 Å². The molecule has 1 atom stereocenters. The zero-order valence-corrected chi connectivity index (χ0v) is 19.9. The molecule has 1 fully saturated rings. The lowest BCUT2D eigenvalue weighted by Crippen LogP contribution is -2.55. The van der Waals surface area contributed by atoms with Gasteiger partial charge in [0.15, 0.2) is 0 Å². The van der Waals surface area contributed by atoms with Crippen LogP contribution in [0.25, 0.3) is 0 Å². The summed E-state index contributed by atoms with van der Waals surface area (Å²) in [5.74, 6) is -0.577. The number of rotatable bonds is 9. The maximum atomic E-state index is 13.6. The molecule has 1 aliphatic rings. The van der Waals surface area contributed by atoms with E-state index in [1.807, 2.05) is 48.5 Å². The van der Waals surface area contributed by atoms with Crippen LogP contribution in [-0.2, 0) is 21.9 Å². The summed E-state index contributed by atoms with van der Waals surface area (Å²) < 4.78 is 41.2. The van der Waals surface area contributed by atoms with Gasteiger partial charge in [0.1, 0.15) is 12.0 Å². The van der Waals surface area contributed by atoms with Crippen LogP contribution in [0.4, 0.5) is 4.39 Å². The molecule has 4 rings (SSSR count). The molecule has 5 nitrogen and oxygen atoms in total.